The molecule has 2 aliphatic carbocycles. The second kappa shape index (κ2) is 15.9. The SMILES string of the molecule is CC1(C)c2ccccc2-c2ccc(N(c3ccc(-c4ccc(-c5ccccc5-n5c6ccccc6c6ccc(-c7cccc8ccccc78)cc65)cc4)cc3)c3ccc4c(c3)C(C)(C)c3ccccc3-4)cc21. The van der Waals surface area contributed by atoms with Crippen LogP contribution in [-0.4, -0.2) is 4.57 Å². The molecule has 342 valence electrons. The van der Waals surface area contributed by atoms with Crippen molar-refractivity contribution in [3.8, 4) is 61.3 Å². The van der Waals surface area contributed by atoms with Crippen LogP contribution in [0.1, 0.15) is 49.9 Å². The topological polar surface area (TPSA) is 8.17 Å². The lowest BCUT2D eigenvalue weighted by atomic mass is 9.82. The fourth-order valence-electron chi connectivity index (χ4n) is 12.5. The molecule has 72 heavy (non-hydrogen) atoms. The average Bonchev–Trinajstić information content (AvgIpc) is 3.97. The fraction of sp³-hybridized carbons (Fsp3) is 0.0857. The third-order valence-corrected chi connectivity index (χ3v) is 16.2. The molecule has 0 saturated heterocycles. The van der Waals surface area contributed by atoms with Crippen LogP contribution in [0.5, 0.6) is 0 Å². The predicted octanol–water partition coefficient (Wildman–Crippen LogP) is 19.0. The van der Waals surface area contributed by atoms with Crippen LogP contribution < -0.4 is 4.90 Å². The van der Waals surface area contributed by atoms with Gasteiger partial charge in [0.15, 0.2) is 0 Å². The standard InChI is InChI=1S/C70H52N2/c1-69(2)62-24-11-7-20-56(62)58-40-37-51(43-64(58)69)71(52-38-41-59-57-21-8-12-25-63(57)70(3,4)65(59)44-52)50-35-32-46(33-36-50)45-28-30-48(31-29-45)55-19-9-13-26-66(55)72-67-27-14-10-22-60(67)61-39-34-49(42-68(61)72)54-23-15-17-47-16-5-6-18-53(47)54/h5-44H,1-4H3. The molecule has 0 spiro atoms. The average molecular weight is 921 g/mol. The van der Waals surface area contributed by atoms with Gasteiger partial charge in [0.25, 0.3) is 0 Å². The first-order chi connectivity index (χ1) is 35.2. The van der Waals surface area contributed by atoms with Crippen LogP contribution in [0.4, 0.5) is 17.1 Å². The molecule has 1 heterocycles. The third-order valence-electron chi connectivity index (χ3n) is 16.2. The summed E-state index contributed by atoms with van der Waals surface area (Å²) >= 11 is 0. The van der Waals surface area contributed by atoms with Gasteiger partial charge in [-0.15, -0.1) is 0 Å². The van der Waals surface area contributed by atoms with Crippen LogP contribution >= 0.6 is 0 Å². The van der Waals surface area contributed by atoms with E-state index in [0.29, 0.717) is 0 Å². The van der Waals surface area contributed by atoms with Crippen LogP contribution in [0.3, 0.4) is 0 Å². The van der Waals surface area contributed by atoms with Gasteiger partial charge in [0.05, 0.1) is 16.7 Å². The highest BCUT2D eigenvalue weighted by Gasteiger charge is 2.38. The fourth-order valence-corrected chi connectivity index (χ4v) is 12.5. The molecule has 0 aliphatic heterocycles. The van der Waals surface area contributed by atoms with Crippen molar-refractivity contribution in [3.05, 3.63) is 265 Å². The number of para-hydroxylation sites is 2. The Morgan fingerprint density at radius 3 is 1.42 bits per heavy atom. The largest absolute Gasteiger partial charge is 0.310 e. The van der Waals surface area contributed by atoms with Crippen molar-refractivity contribution in [2.24, 2.45) is 0 Å². The quantitative estimate of drug-likeness (QED) is 0.155. The van der Waals surface area contributed by atoms with Crippen molar-refractivity contribution in [3.63, 3.8) is 0 Å². The minimum Gasteiger partial charge on any atom is -0.310 e. The first kappa shape index (κ1) is 42.2. The number of rotatable bonds is 7. The number of hydrogen-bond acceptors (Lipinski definition) is 1. The molecule has 0 unspecified atom stereocenters. The van der Waals surface area contributed by atoms with Gasteiger partial charge < -0.3 is 9.47 Å². The van der Waals surface area contributed by atoms with Crippen LogP contribution in [-0.2, 0) is 10.8 Å². The van der Waals surface area contributed by atoms with E-state index < -0.39 is 0 Å². The van der Waals surface area contributed by atoms with E-state index in [0.717, 1.165) is 22.7 Å². The Bertz CT molecular complexity index is 4030. The van der Waals surface area contributed by atoms with E-state index >= 15 is 0 Å². The maximum Gasteiger partial charge on any atom is 0.0547 e. The maximum atomic E-state index is 2.47. The van der Waals surface area contributed by atoms with E-state index in [-0.39, 0.29) is 10.8 Å². The first-order valence-electron chi connectivity index (χ1n) is 25.3. The van der Waals surface area contributed by atoms with E-state index in [9.17, 15) is 0 Å². The summed E-state index contributed by atoms with van der Waals surface area (Å²) in [5.74, 6) is 0. The molecule has 2 aliphatic rings. The van der Waals surface area contributed by atoms with Crippen LogP contribution in [0, 0.1) is 0 Å². The maximum absolute atomic E-state index is 2.47. The summed E-state index contributed by atoms with van der Waals surface area (Å²) in [5, 5.41) is 5.01. The van der Waals surface area contributed by atoms with Gasteiger partial charge in [0, 0.05) is 44.2 Å². The Morgan fingerprint density at radius 2 is 0.750 bits per heavy atom. The summed E-state index contributed by atoms with van der Waals surface area (Å²) in [5.41, 5.74) is 24.8. The van der Waals surface area contributed by atoms with Gasteiger partial charge in [-0.1, -0.05) is 216 Å². The minimum absolute atomic E-state index is 0.114. The van der Waals surface area contributed by atoms with Crippen molar-refractivity contribution < 1.29 is 0 Å². The lowest BCUT2D eigenvalue weighted by Crippen LogP contribution is -2.18. The lowest BCUT2D eigenvalue weighted by Gasteiger charge is -2.30. The van der Waals surface area contributed by atoms with Crippen molar-refractivity contribution in [2.75, 3.05) is 4.90 Å². The normalized spacial score (nSPS) is 13.8. The predicted molar refractivity (Wildman–Crippen MR) is 304 cm³/mol. The number of benzene rings is 11. The van der Waals surface area contributed by atoms with Crippen molar-refractivity contribution >= 4 is 49.6 Å². The molecular weight excluding hydrogens is 869 g/mol. The second-order valence-electron chi connectivity index (χ2n) is 20.9. The van der Waals surface area contributed by atoms with Gasteiger partial charge in [-0.2, -0.15) is 0 Å². The molecule has 0 amide bonds. The minimum atomic E-state index is -0.114. The van der Waals surface area contributed by atoms with Gasteiger partial charge >= 0.3 is 0 Å². The molecule has 0 N–H and O–H groups in total. The van der Waals surface area contributed by atoms with Crippen molar-refractivity contribution in [1.82, 2.24) is 4.57 Å². The van der Waals surface area contributed by atoms with Crippen molar-refractivity contribution in [2.45, 2.75) is 38.5 Å². The Labute approximate surface area is 421 Å². The van der Waals surface area contributed by atoms with Crippen LogP contribution in [0.25, 0.3) is 93.9 Å². The molecular formula is C70H52N2. The molecule has 0 bridgehead atoms. The first-order valence-corrected chi connectivity index (χ1v) is 25.3. The molecule has 12 aromatic rings. The van der Waals surface area contributed by atoms with Gasteiger partial charge in [-0.25, -0.2) is 0 Å². The zero-order valence-corrected chi connectivity index (χ0v) is 41.0. The van der Waals surface area contributed by atoms with Crippen molar-refractivity contribution in [1.29, 1.82) is 0 Å². The summed E-state index contributed by atoms with van der Waals surface area (Å²) in [7, 11) is 0. The summed E-state index contributed by atoms with van der Waals surface area (Å²) < 4.78 is 2.47. The van der Waals surface area contributed by atoms with Crippen LogP contribution in [0.2, 0.25) is 0 Å². The molecule has 1 aromatic heterocycles. The highest BCUT2D eigenvalue weighted by Crippen LogP contribution is 2.53. The summed E-state index contributed by atoms with van der Waals surface area (Å²) in [4.78, 5) is 2.46. The highest BCUT2D eigenvalue weighted by atomic mass is 15.1. The Morgan fingerprint density at radius 1 is 0.292 bits per heavy atom. The van der Waals surface area contributed by atoms with Gasteiger partial charge in [0.1, 0.15) is 0 Å². The zero-order valence-electron chi connectivity index (χ0n) is 41.0. The summed E-state index contributed by atoms with van der Waals surface area (Å²) in [6.45, 7) is 9.47. The van der Waals surface area contributed by atoms with E-state index in [1.165, 1.54) is 110 Å². The van der Waals surface area contributed by atoms with Gasteiger partial charge in [0.2, 0.25) is 0 Å². The number of anilines is 3. The Kier molecular flexibility index (Phi) is 9.32. The summed E-state index contributed by atoms with van der Waals surface area (Å²) in [6, 6.07) is 90.3. The Hall–Kier alpha value is -8.72. The monoisotopic (exact) mass is 920 g/mol. The van der Waals surface area contributed by atoms with E-state index in [4.69, 9.17) is 0 Å². The Balaban J connectivity index is 0.837. The number of aromatic nitrogens is 1. The smallest absolute Gasteiger partial charge is 0.0547 e. The lowest BCUT2D eigenvalue weighted by molar-refractivity contribution is 0.660. The molecule has 11 aromatic carbocycles. The van der Waals surface area contributed by atoms with E-state index in [2.05, 4.69) is 280 Å². The molecule has 2 nitrogen and oxygen atoms in total. The number of hydrogen-bond donors (Lipinski definition) is 0. The highest BCUT2D eigenvalue weighted by molar-refractivity contribution is 6.11. The molecule has 0 radical (unpaired) electrons. The molecule has 0 saturated carbocycles. The van der Waals surface area contributed by atoms with E-state index in [1.807, 2.05) is 0 Å². The molecule has 0 fully saturated rings. The number of nitrogens with zero attached hydrogens (tertiary/aromatic N) is 2. The molecule has 0 atom stereocenters. The molecule has 2 heteroatoms. The van der Waals surface area contributed by atoms with E-state index in [1.54, 1.807) is 0 Å². The molecule has 14 rings (SSSR count). The van der Waals surface area contributed by atoms with Gasteiger partial charge in [-0.05, 0) is 138 Å². The number of fused-ring (bicyclic) bond motifs is 10. The summed E-state index contributed by atoms with van der Waals surface area (Å²) in [6.07, 6.45) is 0. The third kappa shape index (κ3) is 6.35. The van der Waals surface area contributed by atoms with Crippen LogP contribution in [0.15, 0.2) is 243 Å². The van der Waals surface area contributed by atoms with Gasteiger partial charge in [-0.3, -0.25) is 0 Å². The second-order valence-corrected chi connectivity index (χ2v) is 20.9. The zero-order chi connectivity index (χ0) is 48.3.